The number of nitrogens with one attached hydrogen (secondary N) is 1. The number of rotatable bonds is 4. The Bertz CT molecular complexity index is 183. The molecule has 3 N–H and O–H groups in total. The van der Waals surface area contributed by atoms with Crippen LogP contribution in [0.4, 0.5) is 0 Å². The first-order valence-corrected chi connectivity index (χ1v) is 4.76. The summed E-state index contributed by atoms with van der Waals surface area (Å²) in [6.45, 7) is 0. The second-order valence-electron chi connectivity index (χ2n) is 2.97. The molecular weight excluding hydrogens is 204 g/mol. The Morgan fingerprint density at radius 1 is 1.73 bits per heavy atom. The van der Waals surface area contributed by atoms with Gasteiger partial charge in [0, 0.05) is 0 Å². The minimum Gasteiger partial charge on any atom is -0.321 e. The van der Waals surface area contributed by atoms with Crippen LogP contribution in [0.1, 0.15) is 19.3 Å². The van der Waals surface area contributed by atoms with Gasteiger partial charge in [0.1, 0.15) is 6.20 Å². The second-order valence-corrected chi connectivity index (χ2v) is 3.83. The predicted octanol–water partition coefficient (Wildman–Crippen LogP) is 1.24. The van der Waals surface area contributed by atoms with Gasteiger partial charge in [0.15, 0.2) is 0 Å². The van der Waals surface area contributed by atoms with Gasteiger partial charge in [-0.25, -0.2) is 0 Å². The number of halogens is 1. The number of allylic oxidation sites excluding steroid dienone is 1. The standard InChI is InChI=1S/C8H13BrN2/c1-11-5-7(9)8(10)4-6-2-3-6/h5-6,10-11H,2-4H2,1H3/p+1/b7-5+,10-8?. The SMILES string of the molecule is C[NH2+]/C=C(/Br)C(=N)CC1CC1. The molecule has 62 valence electrons. The molecule has 1 aliphatic carbocycles. The highest BCUT2D eigenvalue weighted by Gasteiger charge is 2.23. The molecule has 0 bridgehead atoms. The summed E-state index contributed by atoms with van der Waals surface area (Å²) < 4.78 is 0.937. The molecule has 0 aliphatic heterocycles. The summed E-state index contributed by atoms with van der Waals surface area (Å²) in [6, 6.07) is 0. The van der Waals surface area contributed by atoms with E-state index in [1.807, 2.05) is 18.6 Å². The van der Waals surface area contributed by atoms with Crippen molar-refractivity contribution in [3.05, 3.63) is 10.7 Å². The van der Waals surface area contributed by atoms with Crippen LogP contribution in [0.2, 0.25) is 0 Å². The molecule has 2 nitrogen and oxygen atoms in total. The lowest BCUT2D eigenvalue weighted by atomic mass is 10.2. The Kier molecular flexibility index (Phi) is 3.27. The van der Waals surface area contributed by atoms with E-state index in [0.29, 0.717) is 0 Å². The van der Waals surface area contributed by atoms with E-state index >= 15 is 0 Å². The fourth-order valence-electron chi connectivity index (χ4n) is 0.955. The summed E-state index contributed by atoms with van der Waals surface area (Å²) in [6.07, 6.45) is 5.52. The summed E-state index contributed by atoms with van der Waals surface area (Å²) in [5.74, 6) is 0.806. The molecule has 0 unspecified atom stereocenters. The van der Waals surface area contributed by atoms with Gasteiger partial charge >= 0.3 is 0 Å². The maximum atomic E-state index is 7.63. The van der Waals surface area contributed by atoms with Crippen molar-refractivity contribution in [2.45, 2.75) is 19.3 Å². The predicted molar refractivity (Wildman–Crippen MR) is 49.9 cm³/mol. The highest BCUT2D eigenvalue weighted by Crippen LogP contribution is 2.33. The van der Waals surface area contributed by atoms with E-state index in [9.17, 15) is 0 Å². The quantitative estimate of drug-likeness (QED) is 0.666. The normalized spacial score (nSPS) is 18.5. The summed E-state index contributed by atoms with van der Waals surface area (Å²) in [4.78, 5) is 0. The fraction of sp³-hybridized carbons (Fsp3) is 0.625. The maximum Gasteiger partial charge on any atom is 0.109 e. The van der Waals surface area contributed by atoms with Crippen molar-refractivity contribution in [2.75, 3.05) is 7.05 Å². The van der Waals surface area contributed by atoms with E-state index in [-0.39, 0.29) is 0 Å². The van der Waals surface area contributed by atoms with Crippen LogP contribution >= 0.6 is 15.9 Å². The van der Waals surface area contributed by atoms with Crippen molar-refractivity contribution in [3.63, 3.8) is 0 Å². The first kappa shape index (κ1) is 8.94. The minimum atomic E-state index is 0.741. The third-order valence-corrected chi connectivity index (χ3v) is 2.53. The highest BCUT2D eigenvalue weighted by atomic mass is 79.9. The van der Waals surface area contributed by atoms with E-state index in [1.54, 1.807) is 0 Å². The Balaban J connectivity index is 2.32. The average molecular weight is 218 g/mol. The van der Waals surface area contributed by atoms with E-state index in [4.69, 9.17) is 5.41 Å². The van der Waals surface area contributed by atoms with E-state index in [1.165, 1.54) is 12.8 Å². The molecule has 0 amide bonds. The van der Waals surface area contributed by atoms with Gasteiger partial charge in [0.05, 0.1) is 17.2 Å². The zero-order valence-electron chi connectivity index (χ0n) is 6.73. The monoisotopic (exact) mass is 217 g/mol. The Morgan fingerprint density at radius 2 is 2.36 bits per heavy atom. The lowest BCUT2D eigenvalue weighted by Crippen LogP contribution is -2.73. The first-order valence-electron chi connectivity index (χ1n) is 3.97. The summed E-state index contributed by atoms with van der Waals surface area (Å²) in [7, 11) is 1.96. The molecule has 0 radical (unpaired) electrons. The molecule has 0 aromatic carbocycles. The molecule has 0 spiro atoms. The maximum absolute atomic E-state index is 7.63. The Morgan fingerprint density at radius 3 is 2.82 bits per heavy atom. The summed E-state index contributed by atoms with van der Waals surface area (Å²) >= 11 is 3.37. The van der Waals surface area contributed by atoms with E-state index in [0.717, 1.165) is 22.5 Å². The van der Waals surface area contributed by atoms with E-state index < -0.39 is 0 Å². The smallest absolute Gasteiger partial charge is 0.109 e. The van der Waals surface area contributed by atoms with Crippen molar-refractivity contribution >= 4 is 21.6 Å². The van der Waals surface area contributed by atoms with Gasteiger partial charge < -0.3 is 10.7 Å². The third kappa shape index (κ3) is 3.16. The minimum absolute atomic E-state index is 0.741. The summed E-state index contributed by atoms with van der Waals surface area (Å²) in [5, 5.41) is 9.58. The Labute approximate surface area is 75.7 Å². The molecule has 1 fully saturated rings. The molecule has 0 aromatic rings. The molecule has 1 saturated carbocycles. The number of hydrogen-bond acceptors (Lipinski definition) is 1. The molecule has 11 heavy (non-hydrogen) atoms. The Hall–Kier alpha value is -0.150. The summed E-state index contributed by atoms with van der Waals surface area (Å²) in [5.41, 5.74) is 0.741. The third-order valence-electron chi connectivity index (χ3n) is 1.79. The van der Waals surface area contributed by atoms with Crippen LogP contribution in [0.25, 0.3) is 0 Å². The highest BCUT2D eigenvalue weighted by molar-refractivity contribution is 9.12. The van der Waals surface area contributed by atoms with Crippen molar-refractivity contribution in [3.8, 4) is 0 Å². The van der Waals surface area contributed by atoms with Gasteiger partial charge in [-0.05, 0) is 41.1 Å². The van der Waals surface area contributed by atoms with Crippen LogP contribution in [-0.4, -0.2) is 12.8 Å². The molecule has 1 rings (SSSR count). The van der Waals surface area contributed by atoms with Crippen LogP contribution in [0.3, 0.4) is 0 Å². The van der Waals surface area contributed by atoms with Crippen molar-refractivity contribution in [1.82, 2.24) is 0 Å². The lowest BCUT2D eigenvalue weighted by molar-refractivity contribution is -0.556. The van der Waals surface area contributed by atoms with Crippen LogP contribution in [0.5, 0.6) is 0 Å². The molecule has 1 aliphatic rings. The lowest BCUT2D eigenvalue weighted by Gasteiger charge is -1.97. The molecular formula is C8H14BrN2+. The van der Waals surface area contributed by atoms with Gasteiger partial charge in [0.2, 0.25) is 0 Å². The van der Waals surface area contributed by atoms with Gasteiger partial charge in [-0.15, -0.1) is 0 Å². The number of hydrogen-bond donors (Lipinski definition) is 2. The van der Waals surface area contributed by atoms with Crippen LogP contribution in [-0.2, 0) is 0 Å². The van der Waals surface area contributed by atoms with Crippen molar-refractivity contribution in [1.29, 1.82) is 5.41 Å². The zero-order chi connectivity index (χ0) is 8.27. The van der Waals surface area contributed by atoms with Crippen molar-refractivity contribution in [2.24, 2.45) is 5.92 Å². The molecule has 0 heterocycles. The number of nitrogens with two attached hydrogens (primary N) is 1. The first-order chi connectivity index (χ1) is 5.24. The molecule has 0 saturated heterocycles. The van der Waals surface area contributed by atoms with Crippen LogP contribution in [0, 0.1) is 11.3 Å². The molecule has 0 aromatic heterocycles. The average Bonchev–Trinajstić information content (AvgIpc) is 2.72. The molecule has 0 atom stereocenters. The van der Waals surface area contributed by atoms with Crippen LogP contribution in [0.15, 0.2) is 10.7 Å². The molecule has 3 heteroatoms. The van der Waals surface area contributed by atoms with Gasteiger partial charge in [-0.1, -0.05) is 0 Å². The van der Waals surface area contributed by atoms with Crippen molar-refractivity contribution < 1.29 is 5.32 Å². The fourth-order valence-corrected chi connectivity index (χ4v) is 1.38. The topological polar surface area (TPSA) is 40.5 Å². The zero-order valence-corrected chi connectivity index (χ0v) is 8.32. The van der Waals surface area contributed by atoms with Gasteiger partial charge in [0.25, 0.3) is 0 Å². The second kappa shape index (κ2) is 4.02. The largest absolute Gasteiger partial charge is 0.321 e. The van der Waals surface area contributed by atoms with Gasteiger partial charge in [-0.3, -0.25) is 0 Å². The van der Waals surface area contributed by atoms with Crippen LogP contribution < -0.4 is 5.32 Å². The van der Waals surface area contributed by atoms with Gasteiger partial charge in [-0.2, -0.15) is 0 Å². The number of quaternary nitrogens is 1. The van der Waals surface area contributed by atoms with E-state index in [2.05, 4.69) is 15.9 Å².